The third-order valence-corrected chi connectivity index (χ3v) is 2.80. The molecule has 0 radical (unpaired) electrons. The van der Waals surface area contributed by atoms with Gasteiger partial charge in [-0.1, -0.05) is 6.92 Å². The summed E-state index contributed by atoms with van der Waals surface area (Å²) in [5, 5.41) is 9.38. The minimum Gasteiger partial charge on any atom is -0.454 e. The molecule has 0 aromatic carbocycles. The Morgan fingerprint density at radius 1 is 1.73 bits per heavy atom. The van der Waals surface area contributed by atoms with E-state index in [0.29, 0.717) is 0 Å². The van der Waals surface area contributed by atoms with E-state index in [9.17, 15) is 9.90 Å². The lowest BCUT2D eigenvalue weighted by Gasteiger charge is -2.31. The Morgan fingerprint density at radius 3 is 2.73 bits per heavy atom. The average Bonchev–Trinajstić information content (AvgIpc) is 2.37. The fourth-order valence-corrected chi connectivity index (χ4v) is 1.78. The minimum absolute atomic E-state index is 0.510. The lowest BCUT2D eigenvalue weighted by molar-refractivity contribution is -0.206. The van der Waals surface area contributed by atoms with Gasteiger partial charge in [0.25, 0.3) is 0 Å². The van der Waals surface area contributed by atoms with Crippen molar-refractivity contribution in [1.29, 1.82) is 0 Å². The van der Waals surface area contributed by atoms with Crippen LogP contribution in [0.1, 0.15) is 23.5 Å². The van der Waals surface area contributed by atoms with Crippen molar-refractivity contribution in [3.05, 3.63) is 0 Å². The summed E-state index contributed by atoms with van der Waals surface area (Å²) in [6.45, 7) is 1.97. The van der Waals surface area contributed by atoms with Gasteiger partial charge in [-0.25, -0.2) is 0 Å². The summed E-state index contributed by atoms with van der Waals surface area (Å²) in [6, 6.07) is 0. The molecule has 1 saturated heterocycles. The highest BCUT2D eigenvalue weighted by atomic mass is 16.7. The maximum atomic E-state index is 11.1. The summed E-state index contributed by atoms with van der Waals surface area (Å²) >= 11 is 0. The molecule has 0 unspecified atom stereocenters. The Balaban J connectivity index is 3.00. The highest BCUT2D eigenvalue weighted by Gasteiger charge is 2.54. The van der Waals surface area contributed by atoms with Crippen LogP contribution in [0.2, 0.25) is 0 Å². The largest absolute Gasteiger partial charge is 0.454 e. The Labute approximate surface area is 92.1 Å². The van der Waals surface area contributed by atoms with Crippen molar-refractivity contribution in [3.63, 3.8) is 0 Å². The second-order valence-corrected chi connectivity index (χ2v) is 3.82. The molecule has 1 N–H and O–H groups in total. The zero-order valence-electron chi connectivity index (χ0n) is 11.3. The molecule has 88 valence electrons. The van der Waals surface area contributed by atoms with Gasteiger partial charge in [-0.05, 0) is 6.92 Å². The van der Waals surface area contributed by atoms with Crippen LogP contribution in [0.25, 0.3) is 0 Å². The Bertz CT molecular complexity index is 304. The van der Waals surface area contributed by atoms with E-state index in [1.165, 1.54) is 14.0 Å². The number of aliphatic hydroxyl groups is 1. The molecule has 0 spiro atoms. The molecule has 1 aliphatic heterocycles. The zero-order valence-corrected chi connectivity index (χ0v) is 9.31. The van der Waals surface area contributed by atoms with Crippen LogP contribution >= 0.6 is 0 Å². The summed E-state index contributed by atoms with van der Waals surface area (Å²) < 4.78 is 30.1. The third kappa shape index (κ3) is 2.14. The molecule has 1 aliphatic rings. The molecule has 1 fully saturated rings. The average molecular weight is 220 g/mol. The van der Waals surface area contributed by atoms with Gasteiger partial charge in [-0.15, -0.1) is 0 Å². The highest BCUT2D eigenvalue weighted by Crippen LogP contribution is 2.39. The zero-order chi connectivity index (χ0) is 13.4. The van der Waals surface area contributed by atoms with Crippen molar-refractivity contribution in [3.8, 4) is 0 Å². The number of methoxy groups -OCH3 is 1. The van der Waals surface area contributed by atoms with Gasteiger partial charge in [-0.2, -0.15) is 0 Å². The smallest absolute Gasteiger partial charge is 0.303 e. The van der Waals surface area contributed by atoms with Crippen LogP contribution in [0, 0.1) is 5.92 Å². The summed E-state index contributed by atoms with van der Waals surface area (Å²) in [5.41, 5.74) is -1.12. The van der Waals surface area contributed by atoms with E-state index >= 15 is 0 Å². The lowest BCUT2D eigenvalue weighted by atomic mass is 9.88. The molecule has 4 atom stereocenters. The van der Waals surface area contributed by atoms with Crippen molar-refractivity contribution in [2.75, 3.05) is 13.7 Å². The molecule has 0 amide bonds. The van der Waals surface area contributed by atoms with E-state index < -0.39 is 36.4 Å². The Kier molecular flexibility index (Phi) is 2.85. The molecule has 1 heterocycles. The summed E-state index contributed by atoms with van der Waals surface area (Å²) in [6.07, 6.45) is -2.02. The van der Waals surface area contributed by atoms with Crippen LogP contribution in [-0.2, 0) is 19.0 Å². The number of carbonyl (C=O) groups excluding carboxylic acids is 1. The standard InChI is InChI=1S/C10H18O5/c1-6-8(5-11)14-9(13-4)10(6,3)15-7(2)12/h6,8-9,11H,5H2,1-4H3/t6-,8-,9+,10-/m1/s1/i5D2. The van der Waals surface area contributed by atoms with E-state index in [1.54, 1.807) is 13.8 Å². The second-order valence-electron chi connectivity index (χ2n) is 3.82. The molecule has 5 nitrogen and oxygen atoms in total. The van der Waals surface area contributed by atoms with E-state index in [2.05, 4.69) is 0 Å². The quantitative estimate of drug-likeness (QED) is 0.693. The SMILES string of the molecule is [2H]C([2H])(O)[C@H]1O[C@H](OC)[C@](C)(OC(C)=O)[C@@H]1C. The maximum Gasteiger partial charge on any atom is 0.303 e. The van der Waals surface area contributed by atoms with Gasteiger partial charge in [0.1, 0.15) is 0 Å². The van der Waals surface area contributed by atoms with E-state index in [0.717, 1.165) is 0 Å². The molecule has 1 rings (SSSR count). The van der Waals surface area contributed by atoms with Crippen molar-refractivity contribution >= 4 is 5.97 Å². The van der Waals surface area contributed by atoms with Gasteiger partial charge in [-0.3, -0.25) is 4.79 Å². The normalized spacial score (nSPS) is 43.4. The van der Waals surface area contributed by atoms with Crippen LogP contribution in [0.5, 0.6) is 0 Å². The fourth-order valence-electron chi connectivity index (χ4n) is 1.78. The number of carbonyl (C=O) groups is 1. The fraction of sp³-hybridized carbons (Fsp3) is 0.900. The van der Waals surface area contributed by atoms with Crippen molar-refractivity contribution in [1.82, 2.24) is 0 Å². The molecular formula is C10H18O5. The first-order valence-electron chi connectivity index (χ1n) is 5.73. The van der Waals surface area contributed by atoms with E-state index in [1.807, 2.05) is 0 Å². The minimum atomic E-state index is -2.52. The van der Waals surface area contributed by atoms with Crippen LogP contribution in [-0.4, -0.2) is 42.7 Å². The monoisotopic (exact) mass is 220 g/mol. The highest BCUT2D eigenvalue weighted by molar-refractivity contribution is 5.66. The van der Waals surface area contributed by atoms with Gasteiger partial charge in [0.05, 0.1) is 15.4 Å². The van der Waals surface area contributed by atoms with E-state index in [4.69, 9.17) is 17.0 Å². The predicted molar refractivity (Wildman–Crippen MR) is 52.1 cm³/mol. The van der Waals surface area contributed by atoms with Crippen molar-refractivity contribution in [2.45, 2.75) is 38.8 Å². The van der Waals surface area contributed by atoms with Gasteiger partial charge in [0, 0.05) is 20.0 Å². The number of esters is 1. The molecule has 15 heavy (non-hydrogen) atoms. The van der Waals surface area contributed by atoms with Crippen molar-refractivity contribution in [2.24, 2.45) is 5.92 Å². The first kappa shape index (κ1) is 9.57. The van der Waals surface area contributed by atoms with Gasteiger partial charge in [0.2, 0.25) is 0 Å². The molecule has 0 aromatic heterocycles. The number of hydrogen-bond acceptors (Lipinski definition) is 5. The summed E-state index contributed by atoms with van der Waals surface area (Å²) in [4.78, 5) is 11.1. The number of hydrogen-bond donors (Lipinski definition) is 1. The van der Waals surface area contributed by atoms with Crippen LogP contribution in [0.3, 0.4) is 0 Å². The maximum absolute atomic E-state index is 11.1. The number of rotatable bonds is 3. The molecule has 0 bridgehead atoms. The van der Waals surface area contributed by atoms with Crippen molar-refractivity contribution < 1.29 is 26.9 Å². The topological polar surface area (TPSA) is 65.0 Å². The number of ether oxygens (including phenoxy) is 3. The summed E-state index contributed by atoms with van der Waals surface area (Å²) in [7, 11) is 1.37. The third-order valence-electron chi connectivity index (χ3n) is 2.80. The molecule has 0 aliphatic carbocycles. The molecule has 0 saturated carbocycles. The molecular weight excluding hydrogens is 200 g/mol. The Morgan fingerprint density at radius 2 is 2.33 bits per heavy atom. The Hall–Kier alpha value is -0.650. The second kappa shape index (κ2) is 4.47. The van der Waals surface area contributed by atoms with Crippen LogP contribution in [0.4, 0.5) is 0 Å². The molecule has 5 heteroatoms. The first-order chi connectivity index (χ1) is 7.63. The van der Waals surface area contributed by atoms with Crippen LogP contribution in [0.15, 0.2) is 0 Å². The predicted octanol–water partition coefficient (Wildman–Crippen LogP) is 0.308. The lowest BCUT2D eigenvalue weighted by Crippen LogP contribution is -2.45. The van der Waals surface area contributed by atoms with Gasteiger partial charge >= 0.3 is 5.97 Å². The van der Waals surface area contributed by atoms with Crippen LogP contribution < -0.4 is 0 Å². The molecule has 0 aromatic rings. The van der Waals surface area contributed by atoms with Gasteiger partial charge in [0.15, 0.2) is 11.9 Å². The van der Waals surface area contributed by atoms with Gasteiger partial charge < -0.3 is 19.3 Å². The van der Waals surface area contributed by atoms with E-state index in [-0.39, 0.29) is 0 Å². The first-order valence-corrected chi connectivity index (χ1v) is 4.73. The summed E-state index contributed by atoms with van der Waals surface area (Å²) in [5.74, 6) is -1.06.